The van der Waals surface area contributed by atoms with Crippen LogP contribution >= 0.6 is 15.9 Å². The second kappa shape index (κ2) is 4.23. The Kier molecular flexibility index (Phi) is 2.45. The number of carbonyl (C=O) groups is 1. The smallest absolute Gasteiger partial charge is 0.229 e. The Morgan fingerprint density at radius 3 is 2.91 bits per heavy atom. The molecule has 1 aromatic heterocycles. The summed E-state index contributed by atoms with van der Waals surface area (Å²) in [5.74, 6) is 1.12. The molecule has 0 bridgehead atoms. The first-order valence-electron chi connectivity index (χ1n) is 7.70. The number of fused-ring (bicyclic) bond motifs is 8. The zero-order valence-electron chi connectivity index (χ0n) is 12.6. The third-order valence-corrected chi connectivity index (χ3v) is 5.52. The van der Waals surface area contributed by atoms with Gasteiger partial charge < -0.3 is 0 Å². The van der Waals surface area contributed by atoms with Gasteiger partial charge in [-0.1, -0.05) is 28.1 Å². The summed E-state index contributed by atoms with van der Waals surface area (Å²) in [7, 11) is 0. The van der Waals surface area contributed by atoms with Gasteiger partial charge in [0.05, 0.1) is 16.7 Å². The number of anilines is 1. The fourth-order valence-electron chi connectivity index (χ4n) is 4.01. The molecule has 0 N–H and O–H groups in total. The number of para-hydroxylation sites is 2. The third-order valence-electron chi connectivity index (χ3n) is 5.03. The highest BCUT2D eigenvalue weighted by atomic mass is 79.9. The number of hydrogen-bond donors (Lipinski definition) is 0. The maximum Gasteiger partial charge on any atom is 0.229 e. The molecule has 1 fully saturated rings. The number of aromatic nitrogens is 2. The third kappa shape index (κ3) is 1.55. The average molecular weight is 368 g/mol. The molecule has 3 aromatic rings. The number of nitrogens with zero attached hydrogens (tertiary/aromatic N) is 3. The van der Waals surface area contributed by atoms with Crippen molar-refractivity contribution in [1.82, 2.24) is 9.55 Å². The van der Waals surface area contributed by atoms with Crippen LogP contribution in [0.1, 0.15) is 19.8 Å². The van der Waals surface area contributed by atoms with E-state index in [2.05, 4.69) is 33.5 Å². The summed E-state index contributed by atoms with van der Waals surface area (Å²) >= 11 is 3.53. The molecule has 4 nitrogen and oxygen atoms in total. The molecule has 5 heteroatoms. The van der Waals surface area contributed by atoms with Crippen molar-refractivity contribution in [2.75, 3.05) is 4.90 Å². The lowest BCUT2D eigenvalue weighted by Crippen LogP contribution is -2.48. The fraction of sp³-hybridized carbons (Fsp3) is 0.222. The normalized spacial score (nSPS) is 22.2. The summed E-state index contributed by atoms with van der Waals surface area (Å²) in [6.07, 6.45) is 1.36. The zero-order chi connectivity index (χ0) is 15.8. The van der Waals surface area contributed by atoms with Crippen molar-refractivity contribution in [3.05, 3.63) is 46.9 Å². The number of halogens is 1. The number of imidazole rings is 1. The van der Waals surface area contributed by atoms with E-state index in [1.54, 1.807) is 0 Å². The molecule has 0 saturated carbocycles. The van der Waals surface area contributed by atoms with Crippen molar-refractivity contribution < 1.29 is 4.79 Å². The monoisotopic (exact) mass is 367 g/mol. The van der Waals surface area contributed by atoms with Gasteiger partial charge in [0, 0.05) is 16.5 Å². The van der Waals surface area contributed by atoms with Crippen molar-refractivity contribution in [1.29, 1.82) is 0 Å². The number of carbonyl (C=O) groups excluding carboxylic acids is 1. The van der Waals surface area contributed by atoms with E-state index in [0.717, 1.165) is 39.0 Å². The second-order valence-corrected chi connectivity index (χ2v) is 7.28. The van der Waals surface area contributed by atoms with Crippen molar-refractivity contribution >= 4 is 38.6 Å². The van der Waals surface area contributed by atoms with Crippen LogP contribution in [0.15, 0.2) is 46.9 Å². The molecule has 0 spiro atoms. The van der Waals surface area contributed by atoms with Crippen molar-refractivity contribution in [2.24, 2.45) is 0 Å². The van der Waals surface area contributed by atoms with Gasteiger partial charge in [-0.25, -0.2) is 4.98 Å². The molecular weight excluding hydrogens is 354 g/mol. The van der Waals surface area contributed by atoms with E-state index in [-0.39, 0.29) is 5.91 Å². The van der Waals surface area contributed by atoms with E-state index in [9.17, 15) is 4.79 Å². The highest BCUT2D eigenvalue weighted by Gasteiger charge is 2.49. The summed E-state index contributed by atoms with van der Waals surface area (Å²) in [6, 6.07) is 14.2. The molecule has 2 aliphatic heterocycles. The molecule has 114 valence electrons. The highest BCUT2D eigenvalue weighted by Crippen LogP contribution is 2.50. The Morgan fingerprint density at radius 1 is 1.22 bits per heavy atom. The molecule has 2 aliphatic rings. The standard InChI is InChI=1S/C18H14BrN3O/c1-18-9-8-16(23)21(18)15-10-11(19)6-7-12(15)17-20-13-4-2-3-5-14(13)22(17)18/h2-7,10H,8-9H2,1H3. The van der Waals surface area contributed by atoms with Crippen LogP contribution in [0.3, 0.4) is 0 Å². The average Bonchev–Trinajstić information content (AvgIpc) is 3.06. The topological polar surface area (TPSA) is 38.1 Å². The van der Waals surface area contributed by atoms with Gasteiger partial charge >= 0.3 is 0 Å². The Bertz CT molecular complexity index is 993. The second-order valence-electron chi connectivity index (χ2n) is 6.37. The Hall–Kier alpha value is -2.14. The summed E-state index contributed by atoms with van der Waals surface area (Å²) < 4.78 is 3.21. The van der Waals surface area contributed by atoms with Crippen molar-refractivity contribution in [2.45, 2.75) is 25.4 Å². The van der Waals surface area contributed by atoms with Crippen LogP contribution < -0.4 is 4.90 Å². The summed E-state index contributed by atoms with van der Waals surface area (Å²) in [4.78, 5) is 19.4. The lowest BCUT2D eigenvalue weighted by atomic mass is 10.0. The molecular formula is C18H14BrN3O. The van der Waals surface area contributed by atoms with E-state index in [0.29, 0.717) is 6.42 Å². The molecule has 2 aromatic carbocycles. The van der Waals surface area contributed by atoms with E-state index in [1.165, 1.54) is 0 Å². The molecule has 1 unspecified atom stereocenters. The van der Waals surface area contributed by atoms with Crippen LogP contribution in [0.2, 0.25) is 0 Å². The van der Waals surface area contributed by atoms with Crippen LogP contribution in [0, 0.1) is 0 Å². The quantitative estimate of drug-likeness (QED) is 0.594. The van der Waals surface area contributed by atoms with Crippen LogP contribution in [0.5, 0.6) is 0 Å². The molecule has 23 heavy (non-hydrogen) atoms. The van der Waals surface area contributed by atoms with E-state index in [1.807, 2.05) is 41.3 Å². The van der Waals surface area contributed by atoms with E-state index >= 15 is 0 Å². The van der Waals surface area contributed by atoms with E-state index < -0.39 is 5.66 Å². The molecule has 1 amide bonds. The summed E-state index contributed by atoms with van der Waals surface area (Å²) in [5.41, 5.74) is 3.62. The predicted octanol–water partition coefficient (Wildman–Crippen LogP) is 4.28. The van der Waals surface area contributed by atoms with Gasteiger partial charge in [0.15, 0.2) is 0 Å². The minimum absolute atomic E-state index is 0.176. The molecule has 5 rings (SSSR count). The minimum atomic E-state index is -0.393. The predicted molar refractivity (Wildman–Crippen MR) is 93.2 cm³/mol. The SMILES string of the molecule is CC12CCC(=O)N1c1cc(Br)ccc1-c1nc3ccccc3n12. The van der Waals surface area contributed by atoms with Gasteiger partial charge in [0.2, 0.25) is 5.91 Å². The molecule has 1 atom stereocenters. The Balaban J connectivity index is 1.96. The largest absolute Gasteiger partial charge is 0.300 e. The van der Waals surface area contributed by atoms with Gasteiger partial charge in [-0.15, -0.1) is 0 Å². The Labute approximate surface area is 141 Å². The maximum atomic E-state index is 12.6. The molecule has 0 aliphatic carbocycles. The van der Waals surface area contributed by atoms with Crippen LogP contribution in [0.25, 0.3) is 22.4 Å². The molecule has 1 saturated heterocycles. The zero-order valence-corrected chi connectivity index (χ0v) is 14.2. The van der Waals surface area contributed by atoms with Gasteiger partial charge in [-0.3, -0.25) is 14.3 Å². The fourth-order valence-corrected chi connectivity index (χ4v) is 4.36. The first-order chi connectivity index (χ1) is 11.1. The van der Waals surface area contributed by atoms with Gasteiger partial charge in [-0.05, 0) is 43.7 Å². The van der Waals surface area contributed by atoms with E-state index in [4.69, 9.17) is 4.98 Å². The lowest BCUT2D eigenvalue weighted by Gasteiger charge is -2.42. The first-order valence-corrected chi connectivity index (χ1v) is 8.50. The Morgan fingerprint density at radius 2 is 2.04 bits per heavy atom. The van der Waals surface area contributed by atoms with Crippen molar-refractivity contribution in [3.63, 3.8) is 0 Å². The number of benzene rings is 2. The van der Waals surface area contributed by atoms with Crippen LogP contribution in [-0.2, 0) is 10.5 Å². The first kappa shape index (κ1) is 13.3. The molecule has 3 heterocycles. The number of amides is 1. The van der Waals surface area contributed by atoms with Gasteiger partial charge in [0.1, 0.15) is 11.5 Å². The minimum Gasteiger partial charge on any atom is -0.300 e. The number of rotatable bonds is 0. The van der Waals surface area contributed by atoms with Crippen molar-refractivity contribution in [3.8, 4) is 11.4 Å². The van der Waals surface area contributed by atoms with Crippen LogP contribution in [0.4, 0.5) is 5.69 Å². The maximum absolute atomic E-state index is 12.6. The lowest BCUT2D eigenvalue weighted by molar-refractivity contribution is -0.117. The van der Waals surface area contributed by atoms with Gasteiger partial charge in [-0.2, -0.15) is 0 Å². The van der Waals surface area contributed by atoms with Crippen LogP contribution in [-0.4, -0.2) is 15.5 Å². The number of hydrogen-bond acceptors (Lipinski definition) is 2. The summed E-state index contributed by atoms with van der Waals surface area (Å²) in [6.45, 7) is 2.14. The molecule has 0 radical (unpaired) electrons. The highest BCUT2D eigenvalue weighted by molar-refractivity contribution is 9.10. The summed E-state index contributed by atoms with van der Waals surface area (Å²) in [5, 5.41) is 0. The van der Waals surface area contributed by atoms with Gasteiger partial charge in [0.25, 0.3) is 0 Å².